The molecule has 8 nitrogen and oxygen atoms in total. The number of piperidine rings is 2. The van der Waals surface area contributed by atoms with Gasteiger partial charge in [0.1, 0.15) is 5.54 Å². The Morgan fingerprint density at radius 2 is 1.93 bits per heavy atom. The van der Waals surface area contributed by atoms with Crippen LogP contribution in [0.4, 0.5) is 0 Å². The normalized spacial score (nSPS) is 29.0. The van der Waals surface area contributed by atoms with Crippen molar-refractivity contribution in [2.75, 3.05) is 38.5 Å². The fourth-order valence-corrected chi connectivity index (χ4v) is 6.55. The Morgan fingerprint density at radius 1 is 1.17 bits per heavy atom. The van der Waals surface area contributed by atoms with Gasteiger partial charge in [-0.2, -0.15) is 5.26 Å². The fourth-order valence-electron chi connectivity index (χ4n) is 5.40. The Labute approximate surface area is 174 Å². The minimum absolute atomic E-state index is 0.0894. The second kappa shape index (κ2) is 9.73. The molecular weight excluding hydrogens is 390 g/mol. The van der Waals surface area contributed by atoms with Gasteiger partial charge >= 0.3 is 0 Å². The largest absolute Gasteiger partial charge is 0.368 e. The Bertz CT molecular complexity index is 710. The Hall–Kier alpha value is -1.21. The first-order valence-electron chi connectivity index (χ1n) is 11.0. The van der Waals surface area contributed by atoms with Crippen molar-refractivity contribution in [1.82, 2.24) is 14.5 Å². The molecule has 0 aromatic rings. The molecule has 3 aliphatic rings. The molecule has 3 heterocycles. The molecule has 2 bridgehead atoms. The number of nitrogens with zero attached hydrogens (tertiary/aromatic N) is 3. The van der Waals surface area contributed by atoms with Crippen molar-refractivity contribution in [2.24, 2.45) is 11.7 Å². The highest BCUT2D eigenvalue weighted by molar-refractivity contribution is 7.89. The van der Waals surface area contributed by atoms with Crippen LogP contribution in [0.1, 0.15) is 57.8 Å². The molecule has 3 fully saturated rings. The van der Waals surface area contributed by atoms with E-state index in [-0.39, 0.29) is 11.7 Å². The highest BCUT2D eigenvalue weighted by Crippen LogP contribution is 2.43. The fraction of sp³-hybridized carbons (Fsp3) is 0.900. The maximum atomic E-state index is 12.4. The molecule has 3 saturated heterocycles. The predicted octanol–water partition coefficient (Wildman–Crippen LogP) is 0.794. The average Bonchev–Trinajstić information content (AvgIpc) is 2.90. The van der Waals surface area contributed by atoms with Crippen LogP contribution in [0.25, 0.3) is 0 Å². The number of hydrogen-bond donors (Lipinski definition) is 2. The summed E-state index contributed by atoms with van der Waals surface area (Å²) >= 11 is 0. The summed E-state index contributed by atoms with van der Waals surface area (Å²) in [7, 11) is -3.31. The zero-order chi connectivity index (χ0) is 20.9. The highest BCUT2D eigenvalue weighted by atomic mass is 32.2. The van der Waals surface area contributed by atoms with E-state index in [0.29, 0.717) is 37.9 Å². The van der Waals surface area contributed by atoms with Gasteiger partial charge in [-0.15, -0.1) is 0 Å². The van der Waals surface area contributed by atoms with E-state index in [9.17, 15) is 13.2 Å². The van der Waals surface area contributed by atoms with Crippen LogP contribution in [0.15, 0.2) is 0 Å². The predicted molar refractivity (Wildman–Crippen MR) is 111 cm³/mol. The zero-order valence-electron chi connectivity index (χ0n) is 17.3. The molecule has 2 atom stereocenters. The van der Waals surface area contributed by atoms with E-state index >= 15 is 0 Å². The van der Waals surface area contributed by atoms with Gasteiger partial charge in [-0.05, 0) is 70.4 Å². The van der Waals surface area contributed by atoms with Crippen LogP contribution >= 0.6 is 0 Å². The van der Waals surface area contributed by atoms with E-state index in [4.69, 9.17) is 11.0 Å². The summed E-state index contributed by atoms with van der Waals surface area (Å²) in [5.41, 5.74) is 5.18. The number of amides is 1. The van der Waals surface area contributed by atoms with Gasteiger partial charge in [0.15, 0.2) is 0 Å². The van der Waals surface area contributed by atoms with Crippen LogP contribution < -0.4 is 10.5 Å². The van der Waals surface area contributed by atoms with E-state index in [1.807, 2.05) is 0 Å². The second-order valence-electron chi connectivity index (χ2n) is 8.89. The van der Waals surface area contributed by atoms with Crippen LogP contribution in [0, 0.1) is 17.2 Å². The van der Waals surface area contributed by atoms with Gasteiger partial charge in [-0.25, -0.2) is 13.1 Å². The summed E-state index contributed by atoms with van der Waals surface area (Å²) in [6.45, 7) is 3.77. The molecule has 3 rings (SSSR count). The number of fused-ring (bicyclic) bond motifs is 2. The first kappa shape index (κ1) is 22.5. The van der Waals surface area contributed by atoms with Gasteiger partial charge in [-0.3, -0.25) is 9.69 Å². The number of carbonyl (C=O) groups is 1. The maximum absolute atomic E-state index is 12.4. The molecule has 0 aromatic heterocycles. The lowest BCUT2D eigenvalue weighted by atomic mass is 9.87. The molecule has 3 aliphatic heterocycles. The molecule has 9 heteroatoms. The lowest BCUT2D eigenvalue weighted by Gasteiger charge is -2.42. The van der Waals surface area contributed by atoms with E-state index in [0.717, 1.165) is 64.6 Å². The summed E-state index contributed by atoms with van der Waals surface area (Å²) in [4.78, 5) is 16.6. The van der Waals surface area contributed by atoms with E-state index in [2.05, 4.69) is 20.6 Å². The molecule has 0 radical (unpaired) electrons. The lowest BCUT2D eigenvalue weighted by molar-refractivity contribution is -0.131. The number of rotatable bonds is 10. The first-order chi connectivity index (χ1) is 13.9. The summed E-state index contributed by atoms with van der Waals surface area (Å²) in [6, 6.07) is 2.54. The van der Waals surface area contributed by atoms with Gasteiger partial charge in [-0.1, -0.05) is 0 Å². The third-order valence-electron chi connectivity index (χ3n) is 7.12. The molecule has 164 valence electrons. The van der Waals surface area contributed by atoms with E-state index < -0.39 is 15.6 Å². The molecule has 0 spiro atoms. The number of sulfonamides is 1. The van der Waals surface area contributed by atoms with Gasteiger partial charge in [0.25, 0.3) is 0 Å². The van der Waals surface area contributed by atoms with Crippen LogP contribution in [0.5, 0.6) is 0 Å². The molecule has 1 amide bonds. The van der Waals surface area contributed by atoms with Crippen molar-refractivity contribution in [3.63, 3.8) is 0 Å². The minimum Gasteiger partial charge on any atom is -0.368 e. The first-order valence-corrected chi connectivity index (χ1v) is 12.6. The third-order valence-corrected chi connectivity index (χ3v) is 8.55. The topological polar surface area (TPSA) is 120 Å². The quantitative estimate of drug-likeness (QED) is 0.534. The summed E-state index contributed by atoms with van der Waals surface area (Å²) in [5, 5.41) is 8.67. The van der Waals surface area contributed by atoms with Crippen LogP contribution in [-0.2, 0) is 14.8 Å². The Kier molecular flexibility index (Phi) is 7.54. The number of nitrogens with one attached hydrogen (secondary N) is 1. The molecule has 0 unspecified atom stereocenters. The van der Waals surface area contributed by atoms with Gasteiger partial charge in [0.05, 0.1) is 11.8 Å². The lowest BCUT2D eigenvalue weighted by Crippen LogP contribution is -2.58. The number of primary amides is 1. The number of hydrogen-bond acceptors (Lipinski definition) is 6. The van der Waals surface area contributed by atoms with Gasteiger partial charge < -0.3 is 10.6 Å². The molecule has 3 N–H and O–H groups in total. The number of nitrogens with two attached hydrogens (primary N) is 1. The average molecular weight is 426 g/mol. The number of nitriles is 1. The minimum atomic E-state index is -3.31. The summed E-state index contributed by atoms with van der Waals surface area (Å²) < 4.78 is 27.7. The van der Waals surface area contributed by atoms with Crippen LogP contribution in [0.2, 0.25) is 0 Å². The van der Waals surface area contributed by atoms with Crippen molar-refractivity contribution < 1.29 is 13.2 Å². The smallest absolute Gasteiger partial charge is 0.237 e. The Morgan fingerprint density at radius 3 is 2.62 bits per heavy atom. The van der Waals surface area contributed by atoms with Crippen molar-refractivity contribution in [2.45, 2.75) is 69.4 Å². The standard InChI is InChI=1S/C20H35N5O3S/c21-10-2-11-24-13-6-17(7-14-24)16-23-29(27,28)15-3-12-25-18-4-1-8-20(25,9-5-18)19(22)26/h17-18,23H,1-9,11-16H2,(H2,22,26)/t18-,20+/m1/s1. The monoisotopic (exact) mass is 425 g/mol. The molecule has 0 aliphatic carbocycles. The van der Waals surface area contributed by atoms with Crippen molar-refractivity contribution in [3.8, 4) is 6.07 Å². The number of likely N-dealkylation sites (tertiary alicyclic amines) is 1. The van der Waals surface area contributed by atoms with Gasteiger partial charge in [0, 0.05) is 32.1 Å². The summed E-state index contributed by atoms with van der Waals surface area (Å²) in [6.07, 6.45) is 7.70. The Balaban J connectivity index is 1.40. The van der Waals surface area contributed by atoms with Gasteiger partial charge in [0.2, 0.25) is 15.9 Å². The third kappa shape index (κ3) is 5.48. The van der Waals surface area contributed by atoms with E-state index in [1.54, 1.807) is 0 Å². The zero-order valence-corrected chi connectivity index (χ0v) is 18.1. The summed E-state index contributed by atoms with van der Waals surface area (Å²) in [5.74, 6) is 0.201. The second-order valence-corrected chi connectivity index (χ2v) is 10.8. The van der Waals surface area contributed by atoms with Crippen molar-refractivity contribution in [1.29, 1.82) is 5.26 Å². The molecule has 0 aromatic carbocycles. The highest BCUT2D eigenvalue weighted by Gasteiger charge is 2.52. The molecule has 0 saturated carbocycles. The molecule has 29 heavy (non-hydrogen) atoms. The van der Waals surface area contributed by atoms with Crippen molar-refractivity contribution >= 4 is 15.9 Å². The van der Waals surface area contributed by atoms with Crippen molar-refractivity contribution in [3.05, 3.63) is 0 Å². The van der Waals surface area contributed by atoms with Crippen LogP contribution in [-0.4, -0.2) is 74.2 Å². The van der Waals surface area contributed by atoms with Crippen LogP contribution in [0.3, 0.4) is 0 Å². The molecular formula is C20H35N5O3S. The number of carbonyl (C=O) groups excluding carboxylic acids is 1. The van der Waals surface area contributed by atoms with E-state index in [1.165, 1.54) is 0 Å². The SMILES string of the molecule is N#CCCN1CCC(CNS(=O)(=O)CCCN2[C@@H]3CCC[C@@]2(C(N)=O)CC3)CC1. The maximum Gasteiger partial charge on any atom is 0.237 e.